The van der Waals surface area contributed by atoms with Crippen LogP contribution >= 0.6 is 17.0 Å². The van der Waals surface area contributed by atoms with Gasteiger partial charge < -0.3 is 0 Å². The van der Waals surface area contributed by atoms with Gasteiger partial charge in [0, 0.05) is 0 Å². The number of benzene rings is 2. The first-order chi connectivity index (χ1) is 12.4. The molecular weight excluding hydrogens is 438 g/mol. The zero-order valence-corrected chi connectivity index (χ0v) is 20.3. The van der Waals surface area contributed by atoms with E-state index in [9.17, 15) is 0 Å². The standard InChI is InChI=1S/C23H27.2ClH.Zr/c1-6-17(5)20-13-19-9-8-18(7-2)23(22(19)14-20)21-11-15(3)10-16(4)12-21;;;/h8-14,17H,6-7H2,1-5H3;2*1H;/q-1;;;+2/p-2. The molecule has 3 aromatic carbocycles. The number of halogens is 2. The van der Waals surface area contributed by atoms with Gasteiger partial charge in [-0.2, -0.15) is 6.07 Å². The number of aryl methyl sites for hydroxylation is 3. The first-order valence-electron chi connectivity index (χ1n) is 9.22. The normalized spacial score (nSPS) is 11.8. The van der Waals surface area contributed by atoms with Gasteiger partial charge in [0.25, 0.3) is 0 Å². The Hall–Kier alpha value is -0.487. The summed E-state index contributed by atoms with van der Waals surface area (Å²) in [6.07, 6.45) is 2.26. The van der Waals surface area contributed by atoms with Gasteiger partial charge in [0.2, 0.25) is 0 Å². The molecule has 1 unspecified atom stereocenters. The maximum absolute atomic E-state index is 4.93. The van der Waals surface area contributed by atoms with Crippen molar-refractivity contribution in [1.82, 2.24) is 0 Å². The molecule has 0 spiro atoms. The van der Waals surface area contributed by atoms with Gasteiger partial charge in [0.05, 0.1) is 0 Å². The van der Waals surface area contributed by atoms with Crippen molar-refractivity contribution < 1.29 is 20.8 Å². The van der Waals surface area contributed by atoms with Crippen molar-refractivity contribution in [3.05, 3.63) is 64.7 Å². The molecule has 0 radical (unpaired) electrons. The summed E-state index contributed by atoms with van der Waals surface area (Å²) in [6.45, 7) is 11.2. The summed E-state index contributed by atoms with van der Waals surface area (Å²) >= 11 is -0.826. The molecular formula is C23H27Cl2Zr-. The summed E-state index contributed by atoms with van der Waals surface area (Å²) in [7, 11) is 9.87. The van der Waals surface area contributed by atoms with Crippen molar-refractivity contribution in [2.24, 2.45) is 0 Å². The summed E-state index contributed by atoms with van der Waals surface area (Å²) in [5.41, 5.74) is 8.41. The van der Waals surface area contributed by atoms with Gasteiger partial charge in [-0.25, -0.2) is 0 Å². The van der Waals surface area contributed by atoms with E-state index in [1.165, 1.54) is 50.6 Å². The summed E-state index contributed by atoms with van der Waals surface area (Å²) < 4.78 is 0. The molecule has 0 aliphatic heterocycles. The molecule has 0 aliphatic rings. The molecule has 0 amide bonds. The van der Waals surface area contributed by atoms with Crippen molar-refractivity contribution in [3.8, 4) is 11.1 Å². The van der Waals surface area contributed by atoms with Crippen LogP contribution in [0.4, 0.5) is 0 Å². The van der Waals surface area contributed by atoms with Crippen LogP contribution in [0.15, 0.2) is 42.5 Å². The van der Waals surface area contributed by atoms with Crippen molar-refractivity contribution in [1.29, 1.82) is 0 Å². The Balaban J connectivity index is 0.000000758. The van der Waals surface area contributed by atoms with Gasteiger partial charge >= 0.3 is 37.9 Å². The van der Waals surface area contributed by atoms with E-state index in [1.807, 2.05) is 0 Å². The van der Waals surface area contributed by atoms with Crippen molar-refractivity contribution in [3.63, 3.8) is 0 Å². The Kier molecular flexibility index (Phi) is 8.53. The summed E-state index contributed by atoms with van der Waals surface area (Å²) in [6, 6.07) is 16.3. The molecule has 0 N–H and O–H groups in total. The van der Waals surface area contributed by atoms with Crippen LogP contribution < -0.4 is 0 Å². The minimum atomic E-state index is -0.826. The molecule has 26 heavy (non-hydrogen) atoms. The van der Waals surface area contributed by atoms with E-state index < -0.39 is 20.8 Å². The Labute approximate surface area is 176 Å². The SMILES string of the molecule is CCc1ccc2[cH-]c(C(C)CC)cc2c1-c1cc(C)cc(C)c1.[Cl][Zr][Cl]. The van der Waals surface area contributed by atoms with Gasteiger partial charge in [-0.3, -0.25) is 0 Å². The van der Waals surface area contributed by atoms with Crippen LogP contribution in [0.3, 0.4) is 0 Å². The molecule has 138 valence electrons. The van der Waals surface area contributed by atoms with Crippen molar-refractivity contribution in [2.45, 2.75) is 53.4 Å². The Morgan fingerprint density at radius 3 is 2.15 bits per heavy atom. The third kappa shape index (κ3) is 5.06. The molecule has 1 atom stereocenters. The molecule has 0 heterocycles. The number of fused-ring (bicyclic) bond motifs is 1. The van der Waals surface area contributed by atoms with Crippen LogP contribution in [-0.4, -0.2) is 0 Å². The van der Waals surface area contributed by atoms with Gasteiger partial charge in [-0.05, 0) is 31.7 Å². The third-order valence-electron chi connectivity index (χ3n) is 5.07. The van der Waals surface area contributed by atoms with Crippen LogP contribution in [0.2, 0.25) is 0 Å². The van der Waals surface area contributed by atoms with E-state index in [4.69, 9.17) is 17.0 Å². The van der Waals surface area contributed by atoms with Gasteiger partial charge in [-0.15, -0.1) is 34.5 Å². The second-order valence-electron chi connectivity index (χ2n) is 7.00. The summed E-state index contributed by atoms with van der Waals surface area (Å²) in [5, 5.41) is 2.80. The van der Waals surface area contributed by atoms with Gasteiger partial charge in [-0.1, -0.05) is 67.6 Å². The van der Waals surface area contributed by atoms with Gasteiger partial charge in [0.1, 0.15) is 0 Å². The van der Waals surface area contributed by atoms with E-state index in [1.54, 1.807) is 0 Å². The molecule has 0 nitrogen and oxygen atoms in total. The molecule has 0 aliphatic carbocycles. The fraction of sp³-hybridized carbons (Fsp3) is 0.348. The van der Waals surface area contributed by atoms with E-state index in [-0.39, 0.29) is 0 Å². The van der Waals surface area contributed by atoms with Crippen LogP contribution in [0.25, 0.3) is 21.9 Å². The molecule has 0 bridgehead atoms. The Morgan fingerprint density at radius 1 is 1.00 bits per heavy atom. The zero-order valence-electron chi connectivity index (χ0n) is 16.3. The van der Waals surface area contributed by atoms with E-state index in [2.05, 4.69) is 77.1 Å². The Bertz CT molecular complexity index is 844. The van der Waals surface area contributed by atoms with Crippen LogP contribution in [0.5, 0.6) is 0 Å². The average molecular weight is 466 g/mol. The molecule has 0 saturated heterocycles. The summed E-state index contributed by atoms with van der Waals surface area (Å²) in [4.78, 5) is 0. The number of hydrogen-bond acceptors (Lipinski definition) is 0. The third-order valence-corrected chi connectivity index (χ3v) is 5.07. The number of rotatable bonds is 4. The van der Waals surface area contributed by atoms with E-state index in [0.29, 0.717) is 5.92 Å². The predicted octanol–water partition coefficient (Wildman–Crippen LogP) is 8.29. The second-order valence-corrected chi connectivity index (χ2v) is 10.7. The van der Waals surface area contributed by atoms with Crippen molar-refractivity contribution in [2.75, 3.05) is 0 Å². The Morgan fingerprint density at radius 2 is 1.62 bits per heavy atom. The molecule has 3 heteroatoms. The fourth-order valence-electron chi connectivity index (χ4n) is 3.62. The first kappa shape index (κ1) is 21.8. The van der Waals surface area contributed by atoms with Gasteiger partial charge in [0.15, 0.2) is 0 Å². The quantitative estimate of drug-likeness (QED) is 0.340. The molecule has 0 fully saturated rings. The molecule has 0 saturated carbocycles. The maximum atomic E-state index is 4.93. The molecule has 3 rings (SSSR count). The van der Waals surface area contributed by atoms with Crippen molar-refractivity contribution >= 4 is 27.8 Å². The average Bonchev–Trinajstić information content (AvgIpc) is 3.04. The first-order valence-corrected chi connectivity index (χ1v) is 15.5. The van der Waals surface area contributed by atoms with Crippen LogP contribution in [-0.2, 0) is 27.3 Å². The molecule has 3 aromatic rings. The van der Waals surface area contributed by atoms with Crippen LogP contribution in [0.1, 0.15) is 55.4 Å². The van der Waals surface area contributed by atoms with E-state index in [0.717, 1.165) is 6.42 Å². The predicted molar refractivity (Wildman–Crippen MR) is 114 cm³/mol. The topological polar surface area (TPSA) is 0 Å². The van der Waals surface area contributed by atoms with E-state index >= 15 is 0 Å². The minimum absolute atomic E-state index is 0.625. The monoisotopic (exact) mass is 463 g/mol. The van der Waals surface area contributed by atoms with Crippen LogP contribution in [0, 0.1) is 13.8 Å². The fourth-order valence-corrected chi connectivity index (χ4v) is 3.62. The zero-order chi connectivity index (χ0) is 19.3. The number of hydrogen-bond donors (Lipinski definition) is 0. The molecule has 0 aromatic heterocycles. The second kappa shape index (κ2) is 10.2. The summed E-state index contributed by atoms with van der Waals surface area (Å²) in [5.74, 6) is 0.625.